The Kier molecular flexibility index (Phi) is 13.0. The minimum atomic E-state index is -0.724. The van der Waals surface area contributed by atoms with Crippen molar-refractivity contribution < 1.29 is 19.8 Å². The predicted molar refractivity (Wildman–Crippen MR) is 216 cm³/mol. The van der Waals surface area contributed by atoms with E-state index in [0.717, 1.165) is 64.2 Å². The molecule has 4 heteroatoms. The average Bonchev–Trinajstić information content (AvgIpc) is 3.08. The van der Waals surface area contributed by atoms with Gasteiger partial charge in [0.25, 0.3) is 0 Å². The highest BCUT2D eigenvalue weighted by Crippen LogP contribution is 2.76. The van der Waals surface area contributed by atoms with E-state index in [1.165, 1.54) is 102 Å². The van der Waals surface area contributed by atoms with Crippen molar-refractivity contribution >= 4 is 11.8 Å². The van der Waals surface area contributed by atoms with Crippen molar-refractivity contribution in [2.75, 3.05) is 0 Å². The molecule has 0 aromatic rings. The quantitative estimate of drug-likeness (QED) is 0.138. The summed E-state index contributed by atoms with van der Waals surface area (Å²) in [6.45, 7) is 18.6. The summed E-state index contributed by atoms with van der Waals surface area (Å²) in [6.07, 6.45) is 33.0. The van der Waals surface area contributed by atoms with Crippen LogP contribution in [0.15, 0.2) is 11.6 Å². The Morgan fingerprint density at radius 1 is 0.692 bits per heavy atom. The van der Waals surface area contributed by atoms with Gasteiger partial charge in [0.05, 0.1) is 11.0 Å². The molecule has 0 saturated heterocycles. The van der Waals surface area contributed by atoms with Crippen LogP contribution in [0.25, 0.3) is 0 Å². The molecule has 0 spiro atoms. The maximum Gasteiger partial charge on any atom is 0.309 e. The predicted octanol–water partition coefficient (Wildman–Crippen LogP) is 13.4. The van der Waals surface area contributed by atoms with Crippen molar-refractivity contribution in [1.29, 1.82) is 0 Å². The van der Waals surface area contributed by atoms with Gasteiger partial charge in [-0.15, -0.1) is 0 Å². The van der Waals surface area contributed by atoms with Gasteiger partial charge in [-0.1, -0.05) is 157 Å². The van der Waals surface area contributed by atoms with E-state index >= 15 is 0 Å². The molecule has 0 aromatic heterocycles. The molecule has 0 heterocycles. The molecule has 0 aliphatic heterocycles. The maximum atomic E-state index is 14.7. The van der Waals surface area contributed by atoms with Crippen molar-refractivity contribution in [3.8, 4) is 0 Å². The summed E-state index contributed by atoms with van der Waals surface area (Å²) in [4.78, 5) is 27.2. The number of ketones is 1. The van der Waals surface area contributed by atoms with Gasteiger partial charge in [0.15, 0.2) is 5.78 Å². The van der Waals surface area contributed by atoms with Crippen molar-refractivity contribution in [3.05, 3.63) is 11.6 Å². The highest BCUT2D eigenvalue weighted by atomic mass is 16.4. The molecule has 5 aliphatic rings. The van der Waals surface area contributed by atoms with Crippen LogP contribution in [0.1, 0.15) is 222 Å². The molecule has 5 aliphatic carbocycles. The van der Waals surface area contributed by atoms with Crippen molar-refractivity contribution in [3.63, 3.8) is 0 Å². The van der Waals surface area contributed by atoms with Crippen LogP contribution in [0, 0.1) is 50.2 Å². The van der Waals surface area contributed by atoms with Crippen LogP contribution in [-0.4, -0.2) is 27.6 Å². The lowest BCUT2D eigenvalue weighted by molar-refractivity contribution is -0.232. The average molecular weight is 723 g/mol. The highest BCUT2D eigenvalue weighted by Gasteiger charge is 2.71. The van der Waals surface area contributed by atoms with Crippen LogP contribution in [0.3, 0.4) is 0 Å². The second-order valence-electron chi connectivity index (χ2n) is 21.4. The Hall–Kier alpha value is -1.16. The number of hydrogen-bond donors (Lipinski definition) is 2. The summed E-state index contributed by atoms with van der Waals surface area (Å²) in [5.41, 5.74) is -0.710. The van der Waals surface area contributed by atoms with Gasteiger partial charge in [-0.3, -0.25) is 9.59 Å². The fourth-order valence-corrected chi connectivity index (χ4v) is 13.8. The monoisotopic (exact) mass is 723 g/mol. The van der Waals surface area contributed by atoms with Crippen LogP contribution in [-0.2, 0) is 9.59 Å². The Morgan fingerprint density at radius 2 is 1.21 bits per heavy atom. The Bertz CT molecular complexity index is 1280. The third-order valence-electron chi connectivity index (χ3n) is 17.9. The third-order valence-corrected chi connectivity index (χ3v) is 17.9. The number of aliphatic hydroxyl groups is 1. The molecule has 4 saturated carbocycles. The standard InChI is InChI=1S/C48H82O4/c1-9-10-11-12-13-14-15-16-17-18-19-20-21-22-23-24-26-48(52)33-31-45(6)39(42(48,2)3)25-27-47(8)40(45)38(49)34-36-37-35-44(5,41(50)51)29-28-43(37,4)30-32-46(36,47)7/h34,37,39-40,52H,9-33,35H2,1-8H3,(H,50,51)/t37-,39?,40-,43-,44+,45+,46-,47-,48+/m1/s1. The molecule has 9 atom stereocenters. The second kappa shape index (κ2) is 16.1. The molecule has 0 bridgehead atoms. The number of allylic oxidation sites excluding steroid dienone is 2. The lowest BCUT2D eigenvalue weighted by Gasteiger charge is -2.71. The summed E-state index contributed by atoms with van der Waals surface area (Å²) >= 11 is 0. The number of unbranched alkanes of at least 4 members (excludes halogenated alkanes) is 15. The Morgan fingerprint density at radius 3 is 1.75 bits per heavy atom. The largest absolute Gasteiger partial charge is 0.481 e. The van der Waals surface area contributed by atoms with Crippen molar-refractivity contribution in [1.82, 2.24) is 0 Å². The van der Waals surface area contributed by atoms with Crippen LogP contribution < -0.4 is 0 Å². The van der Waals surface area contributed by atoms with Gasteiger partial charge in [0.1, 0.15) is 0 Å². The van der Waals surface area contributed by atoms with Crippen molar-refractivity contribution in [2.45, 2.75) is 228 Å². The molecule has 298 valence electrons. The normalized spacial score (nSPS) is 41.0. The van der Waals surface area contributed by atoms with Gasteiger partial charge >= 0.3 is 5.97 Å². The third kappa shape index (κ3) is 7.53. The number of rotatable bonds is 18. The van der Waals surface area contributed by atoms with Gasteiger partial charge in [-0.2, -0.15) is 0 Å². The van der Waals surface area contributed by atoms with E-state index in [2.05, 4.69) is 54.5 Å². The SMILES string of the molecule is CCCCCCCCCCCCCCCCCC[C@]1(O)CC[C@@]2(C)C(CC[C@]3(C)[C@@H]2C(=O)C=C2[C@H]4C[C@@](C)(C(=O)O)CC[C@]4(C)CC[C@]23C)C1(C)C. The second-order valence-corrected chi connectivity index (χ2v) is 21.4. The first-order chi connectivity index (χ1) is 24.4. The number of carbonyl (C=O) groups is 2. The smallest absolute Gasteiger partial charge is 0.309 e. The van der Waals surface area contributed by atoms with Gasteiger partial charge < -0.3 is 10.2 Å². The van der Waals surface area contributed by atoms with E-state index in [1.54, 1.807) is 0 Å². The number of carbonyl (C=O) groups excluding carboxylic acids is 1. The Labute approximate surface area is 320 Å². The van der Waals surface area contributed by atoms with Gasteiger partial charge in [0, 0.05) is 5.92 Å². The van der Waals surface area contributed by atoms with Crippen LogP contribution >= 0.6 is 0 Å². The van der Waals surface area contributed by atoms with Crippen LogP contribution in [0.5, 0.6) is 0 Å². The fourth-order valence-electron chi connectivity index (χ4n) is 13.8. The van der Waals surface area contributed by atoms with E-state index in [0.29, 0.717) is 18.1 Å². The zero-order valence-corrected chi connectivity index (χ0v) is 35.4. The first kappa shape index (κ1) is 42.0. The zero-order chi connectivity index (χ0) is 38.1. The molecule has 5 rings (SSSR count). The number of hydrogen-bond acceptors (Lipinski definition) is 3. The molecular formula is C48H82O4. The maximum absolute atomic E-state index is 14.7. The summed E-state index contributed by atoms with van der Waals surface area (Å²) in [6, 6.07) is 0. The first-order valence-electron chi connectivity index (χ1n) is 22.7. The van der Waals surface area contributed by atoms with Crippen LogP contribution in [0.2, 0.25) is 0 Å². The fraction of sp³-hybridized carbons (Fsp3) is 0.917. The highest BCUT2D eigenvalue weighted by molar-refractivity contribution is 5.95. The molecule has 52 heavy (non-hydrogen) atoms. The van der Waals surface area contributed by atoms with E-state index in [9.17, 15) is 19.8 Å². The van der Waals surface area contributed by atoms with Gasteiger partial charge in [-0.05, 0) is 116 Å². The molecular weight excluding hydrogens is 641 g/mol. The van der Waals surface area contributed by atoms with E-state index in [1.807, 2.05) is 6.92 Å². The topological polar surface area (TPSA) is 74.6 Å². The first-order valence-corrected chi connectivity index (χ1v) is 22.7. The van der Waals surface area contributed by atoms with E-state index in [-0.39, 0.29) is 38.9 Å². The lowest BCUT2D eigenvalue weighted by Crippen LogP contribution is -2.68. The summed E-state index contributed by atoms with van der Waals surface area (Å²) in [5, 5.41) is 22.7. The van der Waals surface area contributed by atoms with Gasteiger partial charge in [-0.25, -0.2) is 0 Å². The van der Waals surface area contributed by atoms with Crippen LogP contribution in [0.4, 0.5) is 0 Å². The van der Waals surface area contributed by atoms with Crippen molar-refractivity contribution in [2.24, 2.45) is 50.2 Å². The summed E-state index contributed by atoms with van der Waals surface area (Å²) < 4.78 is 0. The zero-order valence-electron chi connectivity index (χ0n) is 35.4. The minimum Gasteiger partial charge on any atom is -0.481 e. The molecule has 1 unspecified atom stereocenters. The molecule has 4 nitrogen and oxygen atoms in total. The number of carboxylic acid groups (broad SMARTS) is 1. The van der Waals surface area contributed by atoms with Gasteiger partial charge in [0.2, 0.25) is 0 Å². The lowest BCUT2D eigenvalue weighted by atomic mass is 9.32. The molecule has 0 amide bonds. The number of aliphatic carboxylic acids is 1. The molecule has 2 N–H and O–H groups in total. The summed E-state index contributed by atoms with van der Waals surface area (Å²) in [7, 11) is 0. The van der Waals surface area contributed by atoms with E-state index in [4.69, 9.17) is 0 Å². The molecule has 0 aromatic carbocycles. The number of carboxylic acids is 1. The Balaban J connectivity index is 1.15. The van der Waals surface area contributed by atoms with E-state index < -0.39 is 17.0 Å². The minimum absolute atomic E-state index is 0.0503. The molecule has 4 fully saturated rings. The molecule has 0 radical (unpaired) electrons. The summed E-state index contributed by atoms with van der Waals surface area (Å²) in [5.74, 6) is 0.0251. The number of fused-ring (bicyclic) bond motifs is 7.